The number of anilines is 1. The van der Waals surface area contributed by atoms with E-state index in [1.165, 1.54) is 0 Å². The van der Waals surface area contributed by atoms with Gasteiger partial charge < -0.3 is 25.0 Å². The first kappa shape index (κ1) is 22.1. The molecule has 0 radical (unpaired) electrons. The zero-order chi connectivity index (χ0) is 19.7. The molecule has 0 bridgehead atoms. The Bertz CT molecular complexity index is 826. The van der Waals surface area contributed by atoms with Gasteiger partial charge in [-0.3, -0.25) is 4.79 Å². The predicted octanol–water partition coefficient (Wildman–Crippen LogP) is 2.67. The maximum atomic E-state index is 12.3. The van der Waals surface area contributed by atoms with Gasteiger partial charge in [-0.2, -0.15) is 4.98 Å². The van der Waals surface area contributed by atoms with Gasteiger partial charge >= 0.3 is 0 Å². The number of ether oxygens (including phenoxy) is 2. The summed E-state index contributed by atoms with van der Waals surface area (Å²) in [6.45, 7) is 6.63. The van der Waals surface area contributed by atoms with E-state index in [2.05, 4.69) is 15.5 Å². The fourth-order valence-corrected chi connectivity index (χ4v) is 3.39. The number of aromatic nitrogens is 2. The average molecular weight is 411 g/mol. The summed E-state index contributed by atoms with van der Waals surface area (Å²) in [5, 5.41) is 6.72. The van der Waals surface area contributed by atoms with E-state index in [1.807, 2.05) is 32.9 Å². The van der Waals surface area contributed by atoms with Gasteiger partial charge in [0.25, 0.3) is 0 Å². The van der Waals surface area contributed by atoms with Crippen molar-refractivity contribution in [2.75, 3.05) is 19.0 Å². The van der Waals surface area contributed by atoms with E-state index in [-0.39, 0.29) is 42.1 Å². The third-order valence-electron chi connectivity index (χ3n) is 5.38. The minimum atomic E-state index is -0.767. The number of rotatable bonds is 7. The van der Waals surface area contributed by atoms with Crippen LogP contribution in [0.1, 0.15) is 38.9 Å². The number of nitrogens with zero attached hydrogens (tertiary/aromatic N) is 2. The van der Waals surface area contributed by atoms with Crippen molar-refractivity contribution in [1.82, 2.24) is 10.1 Å². The monoisotopic (exact) mass is 410 g/mol. The third kappa shape index (κ3) is 3.85. The lowest BCUT2D eigenvalue weighted by atomic mass is 9.54. The van der Waals surface area contributed by atoms with Gasteiger partial charge in [0.05, 0.1) is 25.3 Å². The number of methoxy groups -OCH3 is 1. The minimum absolute atomic E-state index is 0. The number of para-hydroxylation sites is 2. The van der Waals surface area contributed by atoms with Crippen LogP contribution in [0.15, 0.2) is 28.8 Å². The van der Waals surface area contributed by atoms with E-state index in [1.54, 1.807) is 19.2 Å². The summed E-state index contributed by atoms with van der Waals surface area (Å²) in [6, 6.07) is 7.18. The van der Waals surface area contributed by atoms with Crippen molar-refractivity contribution in [2.24, 2.45) is 11.1 Å². The Hall–Kier alpha value is -2.16. The van der Waals surface area contributed by atoms with Crippen molar-refractivity contribution in [1.29, 1.82) is 0 Å². The zero-order valence-corrected chi connectivity index (χ0v) is 17.3. The van der Waals surface area contributed by atoms with Crippen LogP contribution in [0.4, 0.5) is 5.69 Å². The van der Waals surface area contributed by atoms with E-state index >= 15 is 0 Å². The Labute approximate surface area is 170 Å². The highest BCUT2D eigenvalue weighted by Crippen LogP contribution is 2.55. The van der Waals surface area contributed by atoms with Gasteiger partial charge in [0.15, 0.2) is 5.82 Å². The van der Waals surface area contributed by atoms with Crippen LogP contribution in [0.3, 0.4) is 0 Å². The van der Waals surface area contributed by atoms with Crippen LogP contribution in [0, 0.1) is 5.41 Å². The number of carbonyl (C=O) groups excluding carboxylic acids is 1. The van der Waals surface area contributed by atoms with Crippen LogP contribution in [-0.2, 0) is 21.5 Å². The molecule has 28 heavy (non-hydrogen) atoms. The van der Waals surface area contributed by atoms with Gasteiger partial charge in [0, 0.05) is 18.4 Å². The molecule has 0 aliphatic heterocycles. The molecule has 0 spiro atoms. The lowest BCUT2D eigenvalue weighted by Crippen LogP contribution is -2.67. The summed E-state index contributed by atoms with van der Waals surface area (Å²) in [5.41, 5.74) is 6.01. The second-order valence-electron chi connectivity index (χ2n) is 7.28. The standard InChI is InChI=1S/C19H26N4O4.ClH/c1-5-26-14-11-19(20,18(14,2)3)17-22-15(23-27-17)10-16(24)21-12-8-6-7-9-13(12)25-4;/h6-9,14H,5,10-11,20H2,1-4H3,(H,21,24);1H. The molecule has 2 atom stereocenters. The molecule has 0 saturated heterocycles. The number of carbonyl (C=O) groups is 1. The van der Waals surface area contributed by atoms with Crippen molar-refractivity contribution < 1.29 is 18.8 Å². The molecule has 1 amide bonds. The number of hydrogen-bond acceptors (Lipinski definition) is 7. The van der Waals surface area contributed by atoms with Crippen LogP contribution in [0.25, 0.3) is 0 Å². The third-order valence-corrected chi connectivity index (χ3v) is 5.38. The van der Waals surface area contributed by atoms with E-state index in [0.717, 1.165) is 0 Å². The second-order valence-corrected chi connectivity index (χ2v) is 7.28. The van der Waals surface area contributed by atoms with Crippen LogP contribution in [0.5, 0.6) is 5.75 Å². The smallest absolute Gasteiger partial charge is 0.247 e. The summed E-state index contributed by atoms with van der Waals surface area (Å²) in [4.78, 5) is 16.7. The lowest BCUT2D eigenvalue weighted by molar-refractivity contribution is -0.162. The first-order valence-electron chi connectivity index (χ1n) is 8.98. The molecule has 154 valence electrons. The first-order valence-corrected chi connectivity index (χ1v) is 8.98. The fraction of sp³-hybridized carbons (Fsp3) is 0.526. The fourth-order valence-electron chi connectivity index (χ4n) is 3.39. The molecule has 1 aromatic carbocycles. The lowest BCUT2D eigenvalue weighted by Gasteiger charge is -2.56. The highest BCUT2D eigenvalue weighted by molar-refractivity contribution is 5.93. The summed E-state index contributed by atoms with van der Waals surface area (Å²) in [7, 11) is 1.55. The highest BCUT2D eigenvalue weighted by atomic mass is 35.5. The zero-order valence-electron chi connectivity index (χ0n) is 16.5. The van der Waals surface area contributed by atoms with Crippen molar-refractivity contribution in [3.63, 3.8) is 0 Å². The SMILES string of the molecule is CCOC1CC(N)(c2nc(CC(=O)Nc3ccccc3OC)no2)C1(C)C.Cl. The van der Waals surface area contributed by atoms with E-state index in [0.29, 0.717) is 30.4 Å². The number of halogens is 1. The number of hydrogen-bond donors (Lipinski definition) is 2. The second kappa shape index (κ2) is 8.46. The maximum absolute atomic E-state index is 12.3. The summed E-state index contributed by atoms with van der Waals surface area (Å²) in [5.74, 6) is 0.943. The molecule has 8 nitrogen and oxygen atoms in total. The van der Waals surface area contributed by atoms with Gasteiger partial charge in [-0.05, 0) is 19.1 Å². The molecule has 1 heterocycles. The molecule has 9 heteroatoms. The predicted molar refractivity (Wildman–Crippen MR) is 107 cm³/mol. The quantitative estimate of drug-likeness (QED) is 0.721. The van der Waals surface area contributed by atoms with E-state index < -0.39 is 5.54 Å². The average Bonchev–Trinajstić information content (AvgIpc) is 3.10. The molecule has 2 aromatic rings. The van der Waals surface area contributed by atoms with Crippen molar-refractivity contribution >= 4 is 24.0 Å². The Morgan fingerprint density at radius 1 is 1.39 bits per heavy atom. The molecule has 2 unspecified atom stereocenters. The van der Waals surface area contributed by atoms with E-state index in [9.17, 15) is 4.79 Å². The van der Waals surface area contributed by atoms with Crippen molar-refractivity contribution in [3.8, 4) is 5.75 Å². The summed E-state index contributed by atoms with van der Waals surface area (Å²) < 4.78 is 16.3. The molecular weight excluding hydrogens is 384 g/mol. The van der Waals surface area contributed by atoms with Crippen LogP contribution in [0.2, 0.25) is 0 Å². The number of benzene rings is 1. The maximum Gasteiger partial charge on any atom is 0.247 e. The number of nitrogens with one attached hydrogen (secondary N) is 1. The van der Waals surface area contributed by atoms with Crippen LogP contribution < -0.4 is 15.8 Å². The van der Waals surface area contributed by atoms with Gasteiger partial charge in [-0.15, -0.1) is 12.4 Å². The van der Waals surface area contributed by atoms with Gasteiger partial charge in [-0.1, -0.05) is 31.1 Å². The van der Waals surface area contributed by atoms with Crippen molar-refractivity contribution in [3.05, 3.63) is 36.0 Å². The molecular formula is C19H27ClN4O4. The summed E-state index contributed by atoms with van der Waals surface area (Å²) >= 11 is 0. The van der Waals surface area contributed by atoms with Crippen molar-refractivity contribution in [2.45, 2.75) is 45.3 Å². The van der Waals surface area contributed by atoms with Crippen LogP contribution in [-0.4, -0.2) is 35.9 Å². The van der Waals surface area contributed by atoms with E-state index in [4.69, 9.17) is 19.7 Å². The Morgan fingerprint density at radius 2 is 2.11 bits per heavy atom. The minimum Gasteiger partial charge on any atom is -0.495 e. The Balaban J connectivity index is 0.00000280. The van der Waals surface area contributed by atoms with Gasteiger partial charge in [0.2, 0.25) is 11.8 Å². The Kier molecular flexibility index (Phi) is 6.69. The number of nitrogens with two attached hydrogens (primary N) is 1. The number of amides is 1. The topological polar surface area (TPSA) is 113 Å². The van der Waals surface area contributed by atoms with Crippen LogP contribution >= 0.6 is 12.4 Å². The first-order chi connectivity index (χ1) is 12.8. The molecule has 1 aromatic heterocycles. The molecule has 1 saturated carbocycles. The van der Waals surface area contributed by atoms with Gasteiger partial charge in [-0.25, -0.2) is 0 Å². The molecule has 1 aliphatic rings. The normalized spacial score (nSPS) is 22.7. The van der Waals surface area contributed by atoms with Gasteiger partial charge in [0.1, 0.15) is 11.3 Å². The molecule has 3 N–H and O–H groups in total. The molecule has 1 aliphatic carbocycles. The molecule has 1 fully saturated rings. The largest absolute Gasteiger partial charge is 0.495 e. The molecule has 3 rings (SSSR count). The summed E-state index contributed by atoms with van der Waals surface area (Å²) in [6.07, 6.45) is 0.618. The Morgan fingerprint density at radius 3 is 2.75 bits per heavy atom. The highest BCUT2D eigenvalue weighted by Gasteiger charge is 2.62.